The highest BCUT2D eigenvalue weighted by Crippen LogP contribution is 2.47. The van der Waals surface area contributed by atoms with Crippen LogP contribution >= 0.6 is 0 Å². The molecule has 6 nitrogen and oxygen atoms in total. The standard InChI is InChI=1S/C19H25N3O3/c1-19(2)13(10-15-12-16(8-9-23)25-22-15)11-17(19)21-18(24)20-14-6-4-3-5-7-14/h3-7,12-13,17,23H,8-11H2,1-2H3,(H2,20,21,24). The van der Waals surface area contributed by atoms with Gasteiger partial charge >= 0.3 is 6.03 Å². The van der Waals surface area contributed by atoms with Gasteiger partial charge in [0.25, 0.3) is 0 Å². The summed E-state index contributed by atoms with van der Waals surface area (Å²) in [5, 5.41) is 18.9. The van der Waals surface area contributed by atoms with E-state index >= 15 is 0 Å². The van der Waals surface area contributed by atoms with Crippen molar-refractivity contribution < 1.29 is 14.4 Å². The van der Waals surface area contributed by atoms with Crippen molar-refractivity contribution in [2.24, 2.45) is 11.3 Å². The number of aromatic nitrogens is 1. The summed E-state index contributed by atoms with van der Waals surface area (Å²) < 4.78 is 5.21. The molecule has 1 fully saturated rings. The molecule has 1 aromatic carbocycles. The molecule has 3 rings (SSSR count). The summed E-state index contributed by atoms with van der Waals surface area (Å²) in [5.74, 6) is 1.15. The largest absolute Gasteiger partial charge is 0.396 e. The molecule has 1 heterocycles. The lowest BCUT2D eigenvalue weighted by atomic mass is 9.57. The van der Waals surface area contributed by atoms with Crippen molar-refractivity contribution in [2.45, 2.75) is 39.2 Å². The van der Waals surface area contributed by atoms with E-state index in [4.69, 9.17) is 9.63 Å². The van der Waals surface area contributed by atoms with Crippen LogP contribution in [0.4, 0.5) is 10.5 Å². The van der Waals surface area contributed by atoms with Crippen LogP contribution in [0.2, 0.25) is 0 Å². The maximum absolute atomic E-state index is 12.2. The lowest BCUT2D eigenvalue weighted by molar-refractivity contribution is 0.0211. The summed E-state index contributed by atoms with van der Waals surface area (Å²) in [6.45, 7) is 4.40. The zero-order valence-electron chi connectivity index (χ0n) is 14.7. The zero-order valence-corrected chi connectivity index (χ0v) is 14.7. The fraction of sp³-hybridized carbons (Fsp3) is 0.474. The summed E-state index contributed by atoms with van der Waals surface area (Å²) in [6.07, 6.45) is 2.22. The predicted octanol–water partition coefficient (Wildman–Crippen LogP) is 2.99. The highest BCUT2D eigenvalue weighted by molar-refractivity contribution is 5.89. The number of benzene rings is 1. The van der Waals surface area contributed by atoms with Crippen LogP contribution in [-0.2, 0) is 12.8 Å². The lowest BCUT2D eigenvalue weighted by Crippen LogP contribution is -2.59. The van der Waals surface area contributed by atoms with Crippen LogP contribution in [0, 0.1) is 11.3 Å². The summed E-state index contributed by atoms with van der Waals surface area (Å²) in [5.41, 5.74) is 1.69. The van der Waals surface area contributed by atoms with Gasteiger partial charge in [-0.05, 0) is 36.3 Å². The Kier molecular flexibility index (Phi) is 5.08. The van der Waals surface area contributed by atoms with Crippen molar-refractivity contribution in [3.05, 3.63) is 47.9 Å². The number of carbonyl (C=O) groups is 1. The molecule has 134 valence electrons. The minimum atomic E-state index is -0.172. The second kappa shape index (κ2) is 7.27. The van der Waals surface area contributed by atoms with Crippen LogP contribution in [0.5, 0.6) is 0 Å². The Morgan fingerprint density at radius 1 is 1.36 bits per heavy atom. The monoisotopic (exact) mass is 343 g/mol. The Labute approximate surface area is 147 Å². The third kappa shape index (κ3) is 4.02. The van der Waals surface area contributed by atoms with Gasteiger partial charge < -0.3 is 20.3 Å². The number of anilines is 1. The molecule has 0 spiro atoms. The number of amides is 2. The first-order valence-corrected chi connectivity index (χ1v) is 8.67. The van der Waals surface area contributed by atoms with E-state index in [9.17, 15) is 4.79 Å². The number of nitrogens with one attached hydrogen (secondary N) is 2. The average molecular weight is 343 g/mol. The van der Waals surface area contributed by atoms with Crippen molar-refractivity contribution in [3.8, 4) is 0 Å². The number of urea groups is 1. The summed E-state index contributed by atoms with van der Waals surface area (Å²) in [4.78, 5) is 12.2. The highest BCUT2D eigenvalue weighted by atomic mass is 16.5. The number of hydrogen-bond acceptors (Lipinski definition) is 4. The van der Waals surface area contributed by atoms with Crippen molar-refractivity contribution >= 4 is 11.7 Å². The van der Waals surface area contributed by atoms with E-state index in [1.54, 1.807) is 0 Å². The first-order valence-electron chi connectivity index (χ1n) is 8.67. The van der Waals surface area contributed by atoms with Crippen molar-refractivity contribution in [3.63, 3.8) is 0 Å². The van der Waals surface area contributed by atoms with Crippen LogP contribution in [0.1, 0.15) is 31.7 Å². The molecule has 2 amide bonds. The first-order chi connectivity index (χ1) is 12.0. The van der Waals surface area contributed by atoms with Gasteiger partial charge in [-0.2, -0.15) is 0 Å². The number of carbonyl (C=O) groups excluding carboxylic acids is 1. The zero-order chi connectivity index (χ0) is 17.9. The molecule has 2 atom stereocenters. The Hall–Kier alpha value is -2.34. The number of aliphatic hydroxyl groups is 1. The predicted molar refractivity (Wildman–Crippen MR) is 95.3 cm³/mol. The van der Waals surface area contributed by atoms with Crippen LogP contribution in [-0.4, -0.2) is 28.9 Å². The minimum Gasteiger partial charge on any atom is -0.396 e. The van der Waals surface area contributed by atoms with Gasteiger partial charge in [-0.3, -0.25) is 0 Å². The maximum atomic E-state index is 12.2. The molecular formula is C19H25N3O3. The third-order valence-corrected chi connectivity index (χ3v) is 5.23. The Morgan fingerprint density at radius 3 is 2.80 bits per heavy atom. The van der Waals surface area contributed by atoms with Crippen LogP contribution in [0.25, 0.3) is 0 Å². The van der Waals surface area contributed by atoms with Gasteiger partial charge in [0.15, 0.2) is 0 Å². The SMILES string of the molecule is CC1(C)C(Cc2cc(CCO)on2)CC1NC(=O)Nc1ccccc1. The lowest BCUT2D eigenvalue weighted by Gasteiger charge is -2.52. The van der Waals surface area contributed by atoms with E-state index < -0.39 is 0 Å². The van der Waals surface area contributed by atoms with E-state index in [0.29, 0.717) is 18.1 Å². The van der Waals surface area contributed by atoms with Gasteiger partial charge in [-0.25, -0.2) is 4.79 Å². The van der Waals surface area contributed by atoms with E-state index in [1.807, 2.05) is 36.4 Å². The molecule has 1 aliphatic rings. The molecule has 2 aromatic rings. The number of hydrogen-bond donors (Lipinski definition) is 3. The molecule has 0 aliphatic heterocycles. The molecule has 1 aliphatic carbocycles. The van der Waals surface area contributed by atoms with Gasteiger partial charge in [-0.15, -0.1) is 0 Å². The topological polar surface area (TPSA) is 87.4 Å². The van der Waals surface area contributed by atoms with Crippen molar-refractivity contribution in [1.29, 1.82) is 0 Å². The summed E-state index contributed by atoms with van der Waals surface area (Å²) in [7, 11) is 0. The molecular weight excluding hydrogens is 318 g/mol. The third-order valence-electron chi connectivity index (χ3n) is 5.23. The van der Waals surface area contributed by atoms with E-state index in [2.05, 4.69) is 29.6 Å². The van der Waals surface area contributed by atoms with Gasteiger partial charge in [0.2, 0.25) is 0 Å². The van der Waals surface area contributed by atoms with Crippen molar-refractivity contribution in [1.82, 2.24) is 10.5 Å². The van der Waals surface area contributed by atoms with E-state index in [1.165, 1.54) is 0 Å². The van der Waals surface area contributed by atoms with Crippen molar-refractivity contribution in [2.75, 3.05) is 11.9 Å². The fourth-order valence-electron chi connectivity index (χ4n) is 3.39. The molecule has 1 saturated carbocycles. The summed E-state index contributed by atoms with van der Waals surface area (Å²) >= 11 is 0. The molecule has 3 N–H and O–H groups in total. The Bertz CT molecular complexity index is 712. The molecule has 0 saturated heterocycles. The van der Waals surface area contributed by atoms with E-state index in [-0.39, 0.29) is 24.1 Å². The molecule has 2 unspecified atom stereocenters. The van der Waals surface area contributed by atoms with Gasteiger partial charge in [0.1, 0.15) is 5.76 Å². The molecule has 0 radical (unpaired) electrons. The van der Waals surface area contributed by atoms with Crippen LogP contribution in [0.15, 0.2) is 40.9 Å². The smallest absolute Gasteiger partial charge is 0.319 e. The summed E-state index contributed by atoms with van der Waals surface area (Å²) in [6, 6.07) is 11.3. The number of aliphatic hydroxyl groups excluding tert-OH is 1. The fourth-order valence-corrected chi connectivity index (χ4v) is 3.39. The van der Waals surface area contributed by atoms with E-state index in [0.717, 1.165) is 24.2 Å². The second-order valence-corrected chi connectivity index (χ2v) is 7.23. The quantitative estimate of drug-likeness (QED) is 0.752. The van der Waals surface area contributed by atoms with Crippen LogP contribution in [0.3, 0.4) is 0 Å². The second-order valence-electron chi connectivity index (χ2n) is 7.23. The number of rotatable bonds is 6. The Balaban J connectivity index is 1.51. The van der Waals surface area contributed by atoms with Gasteiger partial charge in [-0.1, -0.05) is 37.2 Å². The molecule has 25 heavy (non-hydrogen) atoms. The molecule has 1 aromatic heterocycles. The Morgan fingerprint density at radius 2 is 2.12 bits per heavy atom. The normalized spacial score (nSPS) is 21.4. The number of nitrogens with zero attached hydrogens (tertiary/aromatic N) is 1. The average Bonchev–Trinajstić information content (AvgIpc) is 3.02. The maximum Gasteiger partial charge on any atom is 0.319 e. The van der Waals surface area contributed by atoms with Gasteiger partial charge in [0.05, 0.1) is 12.3 Å². The van der Waals surface area contributed by atoms with Gasteiger partial charge in [0, 0.05) is 24.2 Å². The highest BCUT2D eigenvalue weighted by Gasteiger charge is 2.48. The number of para-hydroxylation sites is 1. The minimum absolute atomic E-state index is 0.00980. The molecule has 6 heteroatoms. The first kappa shape index (κ1) is 17.5. The van der Waals surface area contributed by atoms with Crippen LogP contribution < -0.4 is 10.6 Å². The molecule has 0 bridgehead atoms.